The van der Waals surface area contributed by atoms with Gasteiger partial charge in [-0.15, -0.1) is 0 Å². The second kappa shape index (κ2) is 21.0. The van der Waals surface area contributed by atoms with Crippen molar-refractivity contribution in [2.45, 2.75) is 79.1 Å². The van der Waals surface area contributed by atoms with Gasteiger partial charge < -0.3 is 19.8 Å². The molecule has 0 saturated heterocycles. The maximum Gasteiger partial charge on any atom is 2.00 e. The monoisotopic (exact) mass is 412 g/mol. The Morgan fingerprint density at radius 3 is 1.14 bits per heavy atom. The summed E-state index contributed by atoms with van der Waals surface area (Å²) in [5.41, 5.74) is 0. The van der Waals surface area contributed by atoms with Gasteiger partial charge >= 0.3 is 34.1 Å². The molecule has 0 rings (SSSR count). The van der Waals surface area contributed by atoms with E-state index in [2.05, 4.69) is 13.8 Å². The van der Waals surface area contributed by atoms with Gasteiger partial charge in [-0.2, -0.15) is 0 Å². The summed E-state index contributed by atoms with van der Waals surface area (Å²) in [4.78, 5) is 20.7. The second-order valence-corrected chi connectivity index (χ2v) is 5.13. The van der Waals surface area contributed by atoms with Crippen LogP contribution in [0, 0.1) is 11.8 Å². The van der Waals surface area contributed by atoms with Crippen LogP contribution in [0.5, 0.6) is 0 Å². The van der Waals surface area contributed by atoms with Gasteiger partial charge in [-0.1, -0.05) is 53.4 Å². The summed E-state index contributed by atoms with van der Waals surface area (Å²) in [5, 5.41) is 20.7. The van der Waals surface area contributed by atoms with E-state index < -0.39 is 11.9 Å². The molecule has 0 aromatic carbocycles. The number of unbranched alkanes of at least 4 members (excludes halogenated alkanes) is 2. The fraction of sp³-hybridized carbons (Fsp3) is 0.875. The van der Waals surface area contributed by atoms with Gasteiger partial charge in [0.1, 0.15) is 0 Å². The van der Waals surface area contributed by atoms with Crippen LogP contribution in [0.25, 0.3) is 0 Å². The normalized spacial score (nSPS) is 11.8. The van der Waals surface area contributed by atoms with Crippen molar-refractivity contribution < 1.29 is 53.9 Å². The SMILES string of the molecule is CCCCC(CC)C(=O)[O-].CCCCC(CC)C(=O)[O-].[Cu+2].[Cu+2]. The molecule has 138 valence electrons. The summed E-state index contributed by atoms with van der Waals surface area (Å²) in [6, 6.07) is 0. The minimum Gasteiger partial charge on any atom is -0.550 e. The number of hydrogen-bond donors (Lipinski definition) is 0. The van der Waals surface area contributed by atoms with Crippen molar-refractivity contribution in [2.24, 2.45) is 11.8 Å². The van der Waals surface area contributed by atoms with E-state index in [0.717, 1.165) is 38.5 Å². The minimum absolute atomic E-state index is 0. The standard InChI is InChI=1S/2C8H16O2.2Cu/c2*1-3-5-6-7(4-2)8(9)10;;/h2*7H,3-6H2,1-2H3,(H,9,10);;/q;;2*+2/p-2. The van der Waals surface area contributed by atoms with Gasteiger partial charge in [0.2, 0.25) is 0 Å². The van der Waals surface area contributed by atoms with Crippen LogP contribution in [0.1, 0.15) is 79.1 Å². The fourth-order valence-corrected chi connectivity index (χ4v) is 1.88. The molecule has 0 N–H and O–H groups in total. The van der Waals surface area contributed by atoms with Gasteiger partial charge in [-0.05, 0) is 37.5 Å². The zero-order chi connectivity index (χ0) is 16.0. The van der Waals surface area contributed by atoms with Gasteiger partial charge in [0.25, 0.3) is 0 Å². The van der Waals surface area contributed by atoms with Crippen molar-refractivity contribution in [2.75, 3.05) is 0 Å². The Morgan fingerprint density at radius 1 is 0.727 bits per heavy atom. The van der Waals surface area contributed by atoms with Gasteiger partial charge in [0, 0.05) is 11.9 Å². The molecule has 0 amide bonds. The molecule has 2 atom stereocenters. The summed E-state index contributed by atoms with van der Waals surface area (Å²) in [5.74, 6) is -2.23. The molecule has 0 spiro atoms. The van der Waals surface area contributed by atoms with E-state index >= 15 is 0 Å². The molecule has 22 heavy (non-hydrogen) atoms. The van der Waals surface area contributed by atoms with E-state index in [1.807, 2.05) is 13.8 Å². The van der Waals surface area contributed by atoms with Crippen molar-refractivity contribution >= 4 is 11.9 Å². The number of carbonyl (C=O) groups excluding carboxylic acids is 2. The summed E-state index contributed by atoms with van der Waals surface area (Å²) < 4.78 is 0. The van der Waals surface area contributed by atoms with Crippen molar-refractivity contribution in [1.82, 2.24) is 0 Å². The van der Waals surface area contributed by atoms with Crippen LogP contribution in [0.2, 0.25) is 0 Å². The van der Waals surface area contributed by atoms with Gasteiger partial charge in [0.15, 0.2) is 0 Å². The maximum absolute atomic E-state index is 10.3. The first-order valence-corrected chi connectivity index (χ1v) is 7.86. The van der Waals surface area contributed by atoms with Crippen LogP contribution in [0.15, 0.2) is 0 Å². The maximum atomic E-state index is 10.3. The molecule has 0 fully saturated rings. The summed E-state index contributed by atoms with van der Waals surface area (Å²) in [6.07, 6.45) is 7.04. The van der Waals surface area contributed by atoms with Crippen molar-refractivity contribution in [3.05, 3.63) is 0 Å². The van der Waals surface area contributed by atoms with E-state index in [-0.39, 0.29) is 46.0 Å². The Kier molecular flexibility index (Phi) is 28.5. The first kappa shape index (κ1) is 29.9. The molecule has 0 aliphatic rings. The fourth-order valence-electron chi connectivity index (χ4n) is 1.88. The molecule has 2 unspecified atom stereocenters. The second-order valence-electron chi connectivity index (χ2n) is 5.13. The third-order valence-corrected chi connectivity index (χ3v) is 3.46. The quantitative estimate of drug-likeness (QED) is 0.513. The van der Waals surface area contributed by atoms with E-state index in [1.165, 1.54) is 0 Å². The summed E-state index contributed by atoms with van der Waals surface area (Å²) >= 11 is 0. The first-order valence-electron chi connectivity index (χ1n) is 7.86. The first-order chi connectivity index (χ1) is 9.44. The molecule has 0 aliphatic carbocycles. The van der Waals surface area contributed by atoms with Crippen LogP contribution in [-0.4, -0.2) is 11.9 Å². The van der Waals surface area contributed by atoms with E-state index in [4.69, 9.17) is 0 Å². The molecule has 0 heterocycles. The molecule has 0 aliphatic heterocycles. The number of hydrogen-bond acceptors (Lipinski definition) is 4. The third kappa shape index (κ3) is 18.0. The van der Waals surface area contributed by atoms with Crippen molar-refractivity contribution in [3.63, 3.8) is 0 Å². The Labute approximate surface area is 156 Å². The van der Waals surface area contributed by atoms with E-state index in [0.29, 0.717) is 12.8 Å². The third-order valence-electron chi connectivity index (χ3n) is 3.46. The molecule has 0 aromatic heterocycles. The van der Waals surface area contributed by atoms with Crippen LogP contribution >= 0.6 is 0 Å². The number of carboxylic acid groups (broad SMARTS) is 2. The average molecular weight is 414 g/mol. The van der Waals surface area contributed by atoms with Crippen LogP contribution < -0.4 is 10.2 Å². The largest absolute Gasteiger partial charge is 2.00 e. The van der Waals surface area contributed by atoms with Crippen LogP contribution in [0.4, 0.5) is 0 Å². The predicted molar refractivity (Wildman–Crippen MR) is 76.6 cm³/mol. The Morgan fingerprint density at radius 2 is 1.00 bits per heavy atom. The average Bonchev–Trinajstić information content (AvgIpc) is 2.40. The Bertz CT molecular complexity index is 235. The molecule has 0 aromatic rings. The summed E-state index contributed by atoms with van der Waals surface area (Å²) in [7, 11) is 0. The van der Waals surface area contributed by atoms with E-state index in [9.17, 15) is 19.8 Å². The van der Waals surface area contributed by atoms with Gasteiger partial charge in [0.05, 0.1) is 0 Å². The van der Waals surface area contributed by atoms with Crippen molar-refractivity contribution in [1.29, 1.82) is 0 Å². The number of aliphatic carboxylic acids is 2. The minimum atomic E-state index is -0.893. The van der Waals surface area contributed by atoms with E-state index in [1.54, 1.807) is 0 Å². The molecule has 4 nitrogen and oxygen atoms in total. The molecule has 2 radical (unpaired) electrons. The van der Waals surface area contributed by atoms with Gasteiger partial charge in [-0.3, -0.25) is 0 Å². The zero-order valence-electron chi connectivity index (χ0n) is 14.0. The number of carboxylic acids is 2. The number of carbonyl (C=O) groups is 2. The Balaban J connectivity index is -0.000000135. The van der Waals surface area contributed by atoms with Crippen LogP contribution in [0.3, 0.4) is 0 Å². The van der Waals surface area contributed by atoms with Crippen LogP contribution in [-0.2, 0) is 43.7 Å². The molecular weight excluding hydrogens is 383 g/mol. The molecule has 0 saturated carbocycles. The van der Waals surface area contributed by atoms with Crippen molar-refractivity contribution in [3.8, 4) is 0 Å². The smallest absolute Gasteiger partial charge is 0.550 e. The topological polar surface area (TPSA) is 80.3 Å². The molecular formula is C16H30Cu2O4+2. The van der Waals surface area contributed by atoms with Gasteiger partial charge in [-0.25, -0.2) is 0 Å². The number of rotatable bonds is 10. The molecule has 0 bridgehead atoms. The molecule has 6 heteroatoms. The Hall–Kier alpha value is -0.0210. The summed E-state index contributed by atoms with van der Waals surface area (Å²) in [6.45, 7) is 7.89. The predicted octanol–water partition coefficient (Wildman–Crippen LogP) is 1.90. The zero-order valence-corrected chi connectivity index (χ0v) is 15.9.